The van der Waals surface area contributed by atoms with E-state index in [2.05, 4.69) is 37.8 Å². The highest BCUT2D eigenvalue weighted by molar-refractivity contribution is 7.18. The molecule has 0 saturated heterocycles. The lowest BCUT2D eigenvalue weighted by Crippen LogP contribution is -2.07. The second-order valence-electron chi connectivity index (χ2n) is 4.71. The molecule has 0 fully saturated rings. The SMILES string of the molecule is CCc1cc2c(NCCCn3ccnc3)nc(Cl)nc2s1. The number of hydrogen-bond donors (Lipinski definition) is 1. The first-order valence-corrected chi connectivity index (χ1v) is 8.11. The van der Waals surface area contributed by atoms with E-state index >= 15 is 0 Å². The number of aromatic nitrogens is 4. The highest BCUT2D eigenvalue weighted by Gasteiger charge is 2.10. The van der Waals surface area contributed by atoms with Crippen molar-refractivity contribution in [1.29, 1.82) is 0 Å². The molecule has 0 radical (unpaired) electrons. The highest BCUT2D eigenvalue weighted by Crippen LogP contribution is 2.30. The Hall–Kier alpha value is -1.66. The quantitative estimate of drug-likeness (QED) is 0.556. The van der Waals surface area contributed by atoms with Crippen LogP contribution in [-0.4, -0.2) is 26.1 Å². The number of fused-ring (bicyclic) bond motifs is 1. The smallest absolute Gasteiger partial charge is 0.225 e. The van der Waals surface area contributed by atoms with E-state index in [1.54, 1.807) is 17.5 Å². The van der Waals surface area contributed by atoms with Crippen LogP contribution in [-0.2, 0) is 13.0 Å². The van der Waals surface area contributed by atoms with Gasteiger partial charge in [-0.3, -0.25) is 0 Å². The van der Waals surface area contributed by atoms with Gasteiger partial charge < -0.3 is 9.88 Å². The average Bonchev–Trinajstić information content (AvgIpc) is 3.11. The van der Waals surface area contributed by atoms with E-state index in [1.165, 1.54) is 4.88 Å². The standard InChI is InChI=1S/C14H16ClN5S/c1-2-10-8-11-12(18-14(15)19-13(11)21-10)17-4-3-6-20-7-5-16-9-20/h5,7-9H,2-4,6H2,1H3,(H,17,18,19). The van der Waals surface area contributed by atoms with Crippen molar-refractivity contribution in [2.24, 2.45) is 0 Å². The van der Waals surface area contributed by atoms with Gasteiger partial charge in [0.1, 0.15) is 10.6 Å². The Morgan fingerprint density at radius 3 is 3.05 bits per heavy atom. The van der Waals surface area contributed by atoms with Crippen LogP contribution in [0.25, 0.3) is 10.2 Å². The van der Waals surface area contributed by atoms with Crippen LogP contribution in [0.4, 0.5) is 5.82 Å². The van der Waals surface area contributed by atoms with Gasteiger partial charge in [-0.1, -0.05) is 6.92 Å². The molecule has 3 heterocycles. The van der Waals surface area contributed by atoms with Gasteiger partial charge in [0, 0.05) is 30.4 Å². The third-order valence-electron chi connectivity index (χ3n) is 3.21. The first-order valence-electron chi connectivity index (χ1n) is 6.92. The lowest BCUT2D eigenvalue weighted by Gasteiger charge is -2.07. The van der Waals surface area contributed by atoms with Crippen LogP contribution < -0.4 is 5.32 Å². The Labute approximate surface area is 132 Å². The van der Waals surface area contributed by atoms with Gasteiger partial charge >= 0.3 is 0 Å². The molecule has 1 N–H and O–H groups in total. The van der Waals surface area contributed by atoms with E-state index in [0.717, 1.165) is 42.0 Å². The molecular formula is C14H16ClN5S. The molecule has 3 aromatic rings. The molecule has 0 unspecified atom stereocenters. The number of hydrogen-bond acceptors (Lipinski definition) is 5. The second-order valence-corrected chi connectivity index (χ2v) is 6.16. The summed E-state index contributed by atoms with van der Waals surface area (Å²) in [6, 6.07) is 2.15. The summed E-state index contributed by atoms with van der Waals surface area (Å²) in [7, 11) is 0. The summed E-state index contributed by atoms with van der Waals surface area (Å²) in [5.74, 6) is 0.826. The Balaban J connectivity index is 1.69. The predicted octanol–water partition coefficient (Wildman–Crippen LogP) is 3.61. The summed E-state index contributed by atoms with van der Waals surface area (Å²) in [4.78, 5) is 14.9. The molecule has 0 aromatic carbocycles. The van der Waals surface area contributed by atoms with E-state index in [4.69, 9.17) is 11.6 Å². The van der Waals surface area contributed by atoms with Gasteiger partial charge in [-0.2, -0.15) is 0 Å². The number of halogens is 1. The molecule has 0 aliphatic heterocycles. The molecule has 0 aliphatic carbocycles. The minimum atomic E-state index is 0.295. The Bertz CT molecular complexity index is 722. The van der Waals surface area contributed by atoms with Crippen molar-refractivity contribution >= 4 is 39.0 Å². The summed E-state index contributed by atoms with van der Waals surface area (Å²) in [6.07, 6.45) is 7.57. The van der Waals surface area contributed by atoms with Crippen molar-refractivity contribution in [3.05, 3.63) is 34.9 Å². The number of nitrogens with one attached hydrogen (secondary N) is 1. The Kier molecular flexibility index (Phi) is 4.36. The molecule has 5 nitrogen and oxygen atoms in total. The van der Waals surface area contributed by atoms with E-state index in [0.29, 0.717) is 5.28 Å². The first-order chi connectivity index (χ1) is 10.3. The number of nitrogens with zero attached hydrogens (tertiary/aromatic N) is 4. The highest BCUT2D eigenvalue weighted by atomic mass is 35.5. The molecule has 0 atom stereocenters. The topological polar surface area (TPSA) is 55.6 Å². The van der Waals surface area contributed by atoms with Crippen LogP contribution in [0.5, 0.6) is 0 Å². The number of thiophene rings is 1. The van der Waals surface area contributed by atoms with Gasteiger partial charge in [0.25, 0.3) is 0 Å². The maximum Gasteiger partial charge on any atom is 0.225 e. The maximum atomic E-state index is 6.00. The minimum absolute atomic E-state index is 0.295. The molecule has 21 heavy (non-hydrogen) atoms. The Morgan fingerprint density at radius 2 is 2.29 bits per heavy atom. The van der Waals surface area contributed by atoms with Gasteiger partial charge in [-0.25, -0.2) is 15.0 Å². The molecule has 0 amide bonds. The molecular weight excluding hydrogens is 306 g/mol. The average molecular weight is 322 g/mol. The fourth-order valence-corrected chi connectivity index (χ4v) is 3.33. The molecule has 0 saturated carbocycles. The maximum absolute atomic E-state index is 6.00. The summed E-state index contributed by atoms with van der Waals surface area (Å²) in [6.45, 7) is 3.90. The number of anilines is 1. The van der Waals surface area contributed by atoms with Crippen LogP contribution in [0, 0.1) is 0 Å². The number of rotatable bonds is 6. The van der Waals surface area contributed by atoms with Crippen molar-refractivity contribution in [2.45, 2.75) is 26.3 Å². The van der Waals surface area contributed by atoms with Crippen LogP contribution in [0.3, 0.4) is 0 Å². The first kappa shape index (κ1) is 14.3. The van der Waals surface area contributed by atoms with Gasteiger partial charge in [-0.15, -0.1) is 11.3 Å². The van der Waals surface area contributed by atoms with Crippen LogP contribution in [0.15, 0.2) is 24.8 Å². The summed E-state index contributed by atoms with van der Waals surface area (Å²) >= 11 is 7.68. The van der Waals surface area contributed by atoms with Gasteiger partial charge in [-0.05, 0) is 30.5 Å². The van der Waals surface area contributed by atoms with Crippen LogP contribution in [0.1, 0.15) is 18.2 Å². The number of aryl methyl sites for hydroxylation is 2. The van der Waals surface area contributed by atoms with Gasteiger partial charge in [0.2, 0.25) is 5.28 Å². The third-order valence-corrected chi connectivity index (χ3v) is 4.55. The summed E-state index contributed by atoms with van der Waals surface area (Å²) < 4.78 is 2.06. The lowest BCUT2D eigenvalue weighted by molar-refractivity contribution is 0.660. The summed E-state index contributed by atoms with van der Waals surface area (Å²) in [5, 5.41) is 4.72. The van der Waals surface area contributed by atoms with E-state index in [9.17, 15) is 0 Å². The predicted molar refractivity (Wildman–Crippen MR) is 87.1 cm³/mol. The minimum Gasteiger partial charge on any atom is -0.369 e. The van der Waals surface area contributed by atoms with Crippen LogP contribution in [0.2, 0.25) is 5.28 Å². The molecule has 0 aliphatic rings. The van der Waals surface area contributed by atoms with Gasteiger partial charge in [0.05, 0.1) is 11.7 Å². The van der Waals surface area contributed by atoms with Gasteiger partial charge in [0.15, 0.2) is 0 Å². The monoisotopic (exact) mass is 321 g/mol. The van der Waals surface area contributed by atoms with E-state index in [-0.39, 0.29) is 0 Å². The zero-order valence-electron chi connectivity index (χ0n) is 11.7. The molecule has 0 spiro atoms. The lowest BCUT2D eigenvalue weighted by atomic mass is 10.3. The fraction of sp³-hybridized carbons (Fsp3) is 0.357. The van der Waals surface area contributed by atoms with Crippen molar-refractivity contribution in [3.8, 4) is 0 Å². The van der Waals surface area contributed by atoms with Crippen molar-refractivity contribution in [3.63, 3.8) is 0 Å². The van der Waals surface area contributed by atoms with Crippen molar-refractivity contribution < 1.29 is 0 Å². The summed E-state index contributed by atoms with van der Waals surface area (Å²) in [5.41, 5.74) is 0. The second kappa shape index (κ2) is 6.41. The Morgan fingerprint density at radius 1 is 1.38 bits per heavy atom. The molecule has 110 valence electrons. The zero-order valence-corrected chi connectivity index (χ0v) is 13.3. The van der Waals surface area contributed by atoms with E-state index in [1.807, 2.05) is 12.5 Å². The molecule has 3 rings (SSSR count). The van der Waals surface area contributed by atoms with E-state index < -0.39 is 0 Å². The van der Waals surface area contributed by atoms with Crippen LogP contribution >= 0.6 is 22.9 Å². The number of imidazole rings is 1. The van der Waals surface area contributed by atoms with Crippen molar-refractivity contribution in [1.82, 2.24) is 19.5 Å². The molecule has 7 heteroatoms. The normalized spacial score (nSPS) is 11.1. The largest absolute Gasteiger partial charge is 0.369 e. The zero-order chi connectivity index (χ0) is 14.7. The van der Waals surface area contributed by atoms with Crippen molar-refractivity contribution in [2.75, 3.05) is 11.9 Å². The fourth-order valence-electron chi connectivity index (χ4n) is 2.14. The molecule has 3 aromatic heterocycles. The third kappa shape index (κ3) is 3.33. The molecule has 0 bridgehead atoms.